The summed E-state index contributed by atoms with van der Waals surface area (Å²) in [6.07, 6.45) is 1.08. The quantitative estimate of drug-likeness (QED) is 0.909. The zero-order valence-corrected chi connectivity index (χ0v) is 14.6. The first-order chi connectivity index (χ1) is 11.1. The monoisotopic (exact) mass is 328 g/mol. The van der Waals surface area contributed by atoms with Crippen molar-refractivity contribution in [3.63, 3.8) is 0 Å². The van der Waals surface area contributed by atoms with Crippen molar-refractivity contribution in [1.82, 2.24) is 10.2 Å². The van der Waals surface area contributed by atoms with Gasteiger partial charge in [0.1, 0.15) is 0 Å². The van der Waals surface area contributed by atoms with Gasteiger partial charge in [-0.2, -0.15) is 11.3 Å². The Morgan fingerprint density at radius 3 is 2.74 bits per heavy atom. The van der Waals surface area contributed by atoms with Crippen molar-refractivity contribution in [2.24, 2.45) is 5.92 Å². The first-order valence-corrected chi connectivity index (χ1v) is 9.20. The van der Waals surface area contributed by atoms with Gasteiger partial charge >= 0.3 is 0 Å². The fourth-order valence-corrected chi connectivity index (χ4v) is 3.81. The molecule has 3 rings (SSSR count). The lowest BCUT2D eigenvalue weighted by Gasteiger charge is -2.35. The summed E-state index contributed by atoms with van der Waals surface area (Å²) in [7, 11) is 0. The van der Waals surface area contributed by atoms with Gasteiger partial charge in [-0.25, -0.2) is 0 Å². The maximum atomic E-state index is 12.0. The van der Waals surface area contributed by atoms with Gasteiger partial charge in [-0.15, -0.1) is 0 Å². The molecule has 122 valence electrons. The van der Waals surface area contributed by atoms with Crippen LogP contribution >= 0.6 is 11.3 Å². The van der Waals surface area contributed by atoms with Gasteiger partial charge in [0.05, 0.1) is 6.04 Å². The Morgan fingerprint density at radius 2 is 2.04 bits per heavy atom. The Bertz CT molecular complexity index is 651. The molecule has 1 atom stereocenters. The Labute approximate surface area is 142 Å². The molecule has 0 saturated carbocycles. The highest BCUT2D eigenvalue weighted by Crippen LogP contribution is 2.28. The van der Waals surface area contributed by atoms with E-state index in [9.17, 15) is 4.79 Å². The van der Waals surface area contributed by atoms with Crippen LogP contribution in [0.25, 0.3) is 0 Å². The SMILES string of the molecule is CC(C)C(=O)NCC(c1ccsc1)N1CCc2ccccc2C1. The second kappa shape index (κ2) is 7.28. The molecule has 0 saturated heterocycles. The standard InChI is InChI=1S/C19H24N2OS/c1-14(2)19(22)20-11-18(17-8-10-23-13-17)21-9-7-15-5-3-4-6-16(15)12-21/h3-6,8,10,13-14,18H,7,9,11-12H2,1-2H3,(H,20,22). The van der Waals surface area contributed by atoms with Crippen molar-refractivity contribution >= 4 is 17.2 Å². The summed E-state index contributed by atoms with van der Waals surface area (Å²) < 4.78 is 0. The third-order valence-electron chi connectivity index (χ3n) is 4.52. The molecule has 0 aliphatic carbocycles. The lowest BCUT2D eigenvalue weighted by molar-refractivity contribution is -0.124. The Kier molecular flexibility index (Phi) is 5.13. The Hall–Kier alpha value is -1.65. The molecule has 1 aliphatic heterocycles. The first kappa shape index (κ1) is 16.2. The van der Waals surface area contributed by atoms with E-state index in [1.807, 2.05) is 13.8 Å². The van der Waals surface area contributed by atoms with Crippen LogP contribution in [-0.2, 0) is 17.8 Å². The number of rotatable bonds is 5. The van der Waals surface area contributed by atoms with Gasteiger partial charge in [-0.1, -0.05) is 38.1 Å². The molecule has 0 bridgehead atoms. The van der Waals surface area contributed by atoms with E-state index >= 15 is 0 Å². The molecule has 1 aliphatic rings. The molecule has 1 N–H and O–H groups in total. The van der Waals surface area contributed by atoms with Gasteiger partial charge in [-0.05, 0) is 39.9 Å². The van der Waals surface area contributed by atoms with E-state index in [4.69, 9.17) is 0 Å². The maximum absolute atomic E-state index is 12.0. The lowest BCUT2D eigenvalue weighted by atomic mass is 9.97. The molecular formula is C19H24N2OS. The largest absolute Gasteiger partial charge is 0.354 e. The van der Waals surface area contributed by atoms with E-state index in [1.54, 1.807) is 11.3 Å². The van der Waals surface area contributed by atoms with Gasteiger partial charge in [0.2, 0.25) is 5.91 Å². The number of fused-ring (bicyclic) bond motifs is 1. The molecule has 4 heteroatoms. The minimum Gasteiger partial charge on any atom is -0.354 e. The van der Waals surface area contributed by atoms with Crippen LogP contribution in [-0.4, -0.2) is 23.9 Å². The summed E-state index contributed by atoms with van der Waals surface area (Å²) in [4.78, 5) is 14.5. The predicted molar refractivity (Wildman–Crippen MR) is 95.5 cm³/mol. The van der Waals surface area contributed by atoms with Crippen molar-refractivity contribution in [3.8, 4) is 0 Å². The number of carbonyl (C=O) groups is 1. The van der Waals surface area contributed by atoms with Gasteiger partial charge in [0.25, 0.3) is 0 Å². The van der Waals surface area contributed by atoms with E-state index in [1.165, 1.54) is 16.7 Å². The van der Waals surface area contributed by atoms with Crippen LogP contribution in [0.1, 0.15) is 36.6 Å². The summed E-state index contributed by atoms with van der Waals surface area (Å²) in [6.45, 7) is 6.54. The van der Waals surface area contributed by atoms with Gasteiger partial charge in [-0.3, -0.25) is 9.69 Å². The van der Waals surface area contributed by atoms with Gasteiger partial charge < -0.3 is 5.32 Å². The van der Waals surface area contributed by atoms with E-state index in [2.05, 4.69) is 51.3 Å². The normalized spacial score (nSPS) is 16.1. The molecule has 0 fully saturated rings. The maximum Gasteiger partial charge on any atom is 0.222 e. The number of hydrogen-bond acceptors (Lipinski definition) is 3. The zero-order valence-electron chi connectivity index (χ0n) is 13.8. The number of thiophene rings is 1. The van der Waals surface area contributed by atoms with Crippen molar-refractivity contribution in [2.45, 2.75) is 32.9 Å². The van der Waals surface area contributed by atoms with Crippen molar-refractivity contribution in [2.75, 3.05) is 13.1 Å². The molecule has 2 aromatic rings. The lowest BCUT2D eigenvalue weighted by Crippen LogP contribution is -2.41. The van der Waals surface area contributed by atoms with E-state index < -0.39 is 0 Å². The topological polar surface area (TPSA) is 32.3 Å². The average molecular weight is 328 g/mol. The molecule has 23 heavy (non-hydrogen) atoms. The van der Waals surface area contributed by atoms with Crippen LogP contribution in [0.15, 0.2) is 41.1 Å². The second-order valence-electron chi connectivity index (χ2n) is 6.46. The fourth-order valence-electron chi connectivity index (χ4n) is 3.11. The smallest absolute Gasteiger partial charge is 0.222 e. The van der Waals surface area contributed by atoms with Crippen LogP contribution in [0.5, 0.6) is 0 Å². The first-order valence-electron chi connectivity index (χ1n) is 8.26. The molecule has 0 radical (unpaired) electrons. The molecular weight excluding hydrogens is 304 g/mol. The summed E-state index contributed by atoms with van der Waals surface area (Å²) >= 11 is 1.72. The number of carbonyl (C=O) groups excluding carboxylic acids is 1. The summed E-state index contributed by atoms with van der Waals surface area (Å²) in [5, 5.41) is 7.43. The van der Waals surface area contributed by atoms with Crippen LogP contribution in [0.2, 0.25) is 0 Å². The molecule has 3 nitrogen and oxygen atoms in total. The van der Waals surface area contributed by atoms with Gasteiger partial charge in [0.15, 0.2) is 0 Å². The summed E-state index contributed by atoms with van der Waals surface area (Å²) in [5.41, 5.74) is 4.17. The van der Waals surface area contributed by atoms with Crippen molar-refractivity contribution in [3.05, 3.63) is 57.8 Å². The van der Waals surface area contributed by atoms with E-state index in [-0.39, 0.29) is 17.9 Å². The third kappa shape index (κ3) is 3.82. The van der Waals surface area contributed by atoms with Crippen LogP contribution in [0.4, 0.5) is 0 Å². The second-order valence-corrected chi connectivity index (χ2v) is 7.24. The van der Waals surface area contributed by atoms with Crippen LogP contribution in [0, 0.1) is 5.92 Å². The Balaban J connectivity index is 1.75. The highest BCUT2D eigenvalue weighted by Gasteiger charge is 2.25. The number of benzene rings is 1. The Morgan fingerprint density at radius 1 is 1.26 bits per heavy atom. The summed E-state index contributed by atoms with van der Waals surface area (Å²) in [6, 6.07) is 11.1. The average Bonchev–Trinajstić information content (AvgIpc) is 3.09. The fraction of sp³-hybridized carbons (Fsp3) is 0.421. The van der Waals surface area contributed by atoms with Gasteiger partial charge in [0, 0.05) is 25.6 Å². The molecule has 1 amide bonds. The predicted octanol–water partition coefficient (Wildman–Crippen LogP) is 3.62. The van der Waals surface area contributed by atoms with E-state index in [0.717, 1.165) is 19.5 Å². The molecule has 2 heterocycles. The highest BCUT2D eigenvalue weighted by atomic mass is 32.1. The minimum atomic E-state index is 0.0280. The third-order valence-corrected chi connectivity index (χ3v) is 5.22. The molecule has 0 spiro atoms. The van der Waals surface area contributed by atoms with Crippen LogP contribution in [0.3, 0.4) is 0 Å². The minimum absolute atomic E-state index is 0.0280. The molecule has 1 unspecified atom stereocenters. The highest BCUT2D eigenvalue weighted by molar-refractivity contribution is 7.07. The summed E-state index contributed by atoms with van der Waals surface area (Å²) in [5.74, 6) is 0.155. The number of amides is 1. The molecule has 1 aromatic heterocycles. The zero-order chi connectivity index (χ0) is 16.2. The van der Waals surface area contributed by atoms with E-state index in [0.29, 0.717) is 6.54 Å². The number of nitrogens with one attached hydrogen (secondary N) is 1. The molecule has 1 aromatic carbocycles. The van der Waals surface area contributed by atoms with Crippen LogP contribution < -0.4 is 5.32 Å². The van der Waals surface area contributed by atoms with Crippen molar-refractivity contribution < 1.29 is 4.79 Å². The number of hydrogen-bond donors (Lipinski definition) is 1. The number of nitrogens with zero attached hydrogens (tertiary/aromatic N) is 1. The van der Waals surface area contributed by atoms with Crippen molar-refractivity contribution in [1.29, 1.82) is 0 Å².